The van der Waals surface area contributed by atoms with Gasteiger partial charge in [0, 0.05) is 25.2 Å². The third kappa shape index (κ3) is 4.06. The molecule has 3 rings (SSSR count). The van der Waals surface area contributed by atoms with Crippen molar-refractivity contribution in [3.63, 3.8) is 0 Å². The Balaban J connectivity index is 1.90. The molecule has 2 amide bonds. The zero-order valence-corrected chi connectivity index (χ0v) is 16.4. The minimum Gasteiger partial charge on any atom is -0.456 e. The third-order valence-electron chi connectivity index (χ3n) is 4.81. The van der Waals surface area contributed by atoms with Crippen LogP contribution in [0.15, 0.2) is 21.3 Å². The lowest BCUT2D eigenvalue weighted by molar-refractivity contribution is -0.137. The van der Waals surface area contributed by atoms with E-state index < -0.39 is 27.8 Å². The highest BCUT2D eigenvalue weighted by atomic mass is 32.2. The van der Waals surface area contributed by atoms with Crippen molar-refractivity contribution >= 4 is 21.7 Å². The zero-order chi connectivity index (χ0) is 19.9. The van der Waals surface area contributed by atoms with Gasteiger partial charge in [0.2, 0.25) is 5.91 Å². The number of likely N-dealkylation sites (N-methyl/N-ethyl adjacent to an activating group) is 1. The van der Waals surface area contributed by atoms with Crippen LogP contribution in [0.1, 0.15) is 16.3 Å². The van der Waals surface area contributed by atoms with Crippen LogP contribution in [-0.2, 0) is 14.6 Å². The summed E-state index contributed by atoms with van der Waals surface area (Å²) in [4.78, 5) is 41.8. The molecule has 27 heavy (non-hydrogen) atoms. The SMILES string of the molecule is Cc1cc(=O)cc(C(=O)N2CCN(C(=O)CN(C)C)[C@@H]3CS(=O)(=O)C[C@@H]32)o1. The van der Waals surface area contributed by atoms with Crippen molar-refractivity contribution in [2.45, 2.75) is 19.0 Å². The maximum atomic E-state index is 12.9. The van der Waals surface area contributed by atoms with Crippen LogP contribution in [0, 0.1) is 6.92 Å². The highest BCUT2D eigenvalue weighted by molar-refractivity contribution is 7.91. The predicted octanol–water partition coefficient (Wildman–Crippen LogP) is -1.04. The molecule has 2 atom stereocenters. The topological polar surface area (TPSA) is 108 Å². The van der Waals surface area contributed by atoms with Gasteiger partial charge in [-0.15, -0.1) is 0 Å². The summed E-state index contributed by atoms with van der Waals surface area (Å²) in [6.45, 7) is 2.17. The molecule has 0 aromatic carbocycles. The highest BCUT2D eigenvalue weighted by Crippen LogP contribution is 2.28. The number of carbonyl (C=O) groups excluding carboxylic acids is 2. The van der Waals surface area contributed by atoms with E-state index in [0.717, 1.165) is 6.07 Å². The molecule has 2 fully saturated rings. The van der Waals surface area contributed by atoms with Crippen molar-refractivity contribution in [3.05, 3.63) is 33.9 Å². The molecule has 9 nitrogen and oxygen atoms in total. The van der Waals surface area contributed by atoms with Gasteiger partial charge in [0.15, 0.2) is 21.0 Å². The van der Waals surface area contributed by atoms with Crippen LogP contribution < -0.4 is 5.43 Å². The van der Waals surface area contributed by atoms with Crippen LogP contribution >= 0.6 is 0 Å². The van der Waals surface area contributed by atoms with Crippen molar-refractivity contribution in [3.8, 4) is 0 Å². The smallest absolute Gasteiger partial charge is 0.290 e. The minimum atomic E-state index is -3.38. The van der Waals surface area contributed by atoms with E-state index in [-0.39, 0.29) is 48.2 Å². The molecule has 2 aliphatic heterocycles. The Labute approximate surface area is 157 Å². The molecule has 1 aromatic rings. The standard InChI is InChI=1S/C17H23N3O6S/c1-11-6-12(21)7-15(26-11)17(23)20-5-4-19(16(22)8-18(2)3)13-9-27(24,25)10-14(13)20/h6-7,13-14H,4-5,8-10H2,1-3H3/t13-,14+/m1/s1. The Hall–Kier alpha value is -2.20. The number of hydrogen-bond acceptors (Lipinski definition) is 7. The van der Waals surface area contributed by atoms with Crippen LogP contribution in [0.3, 0.4) is 0 Å². The lowest BCUT2D eigenvalue weighted by Gasteiger charge is -2.43. The average molecular weight is 397 g/mol. The number of aryl methyl sites for hydroxylation is 1. The van der Waals surface area contributed by atoms with Gasteiger partial charge >= 0.3 is 0 Å². The number of amides is 2. The van der Waals surface area contributed by atoms with Gasteiger partial charge in [-0.1, -0.05) is 0 Å². The number of carbonyl (C=O) groups is 2. The number of nitrogens with zero attached hydrogens (tertiary/aromatic N) is 3. The van der Waals surface area contributed by atoms with E-state index in [1.165, 1.54) is 11.0 Å². The minimum absolute atomic E-state index is 0.115. The molecule has 3 heterocycles. The van der Waals surface area contributed by atoms with Crippen molar-refractivity contribution in [1.29, 1.82) is 0 Å². The number of rotatable bonds is 3. The number of piperazine rings is 1. The van der Waals surface area contributed by atoms with E-state index in [0.29, 0.717) is 5.76 Å². The highest BCUT2D eigenvalue weighted by Gasteiger charge is 2.49. The normalized spacial score (nSPS) is 24.1. The summed E-state index contributed by atoms with van der Waals surface area (Å²) in [6.07, 6.45) is 0. The number of sulfone groups is 1. The van der Waals surface area contributed by atoms with Crippen LogP contribution in [0.25, 0.3) is 0 Å². The van der Waals surface area contributed by atoms with Gasteiger partial charge in [0.05, 0.1) is 30.1 Å². The first kappa shape index (κ1) is 19.6. The van der Waals surface area contributed by atoms with E-state index in [1.807, 2.05) is 0 Å². The summed E-state index contributed by atoms with van der Waals surface area (Å²) in [6, 6.07) is 1.15. The molecule has 1 aromatic heterocycles. The summed E-state index contributed by atoms with van der Waals surface area (Å²) in [5.74, 6) is -0.870. The second-order valence-corrected chi connectivity index (χ2v) is 9.46. The third-order valence-corrected chi connectivity index (χ3v) is 6.51. The first-order chi connectivity index (χ1) is 12.6. The fourth-order valence-electron chi connectivity index (χ4n) is 3.73. The summed E-state index contributed by atoms with van der Waals surface area (Å²) in [5.41, 5.74) is -0.350. The van der Waals surface area contributed by atoms with Gasteiger partial charge in [-0.25, -0.2) is 8.42 Å². The molecule has 0 unspecified atom stereocenters. The Morgan fingerprint density at radius 1 is 1.15 bits per heavy atom. The molecular formula is C17H23N3O6S. The van der Waals surface area contributed by atoms with Gasteiger partial charge in [-0.05, 0) is 21.0 Å². The molecule has 10 heteroatoms. The zero-order valence-electron chi connectivity index (χ0n) is 15.5. The maximum absolute atomic E-state index is 12.9. The first-order valence-electron chi connectivity index (χ1n) is 8.65. The second kappa shape index (κ2) is 7.08. The lowest BCUT2D eigenvalue weighted by atomic mass is 10.0. The average Bonchev–Trinajstić information content (AvgIpc) is 2.86. The molecule has 0 aliphatic carbocycles. The quantitative estimate of drug-likeness (QED) is 0.641. The van der Waals surface area contributed by atoms with Crippen molar-refractivity contribution in [1.82, 2.24) is 14.7 Å². The monoisotopic (exact) mass is 397 g/mol. The predicted molar refractivity (Wildman–Crippen MR) is 97.2 cm³/mol. The van der Waals surface area contributed by atoms with Gasteiger partial charge in [0.25, 0.3) is 5.91 Å². The number of hydrogen-bond donors (Lipinski definition) is 0. The first-order valence-corrected chi connectivity index (χ1v) is 10.5. The second-order valence-electron chi connectivity index (χ2n) is 7.30. The molecule has 2 saturated heterocycles. The van der Waals surface area contributed by atoms with Crippen molar-refractivity contribution in [2.75, 3.05) is 45.2 Å². The Kier molecular flexibility index (Phi) is 5.13. The van der Waals surface area contributed by atoms with E-state index >= 15 is 0 Å². The van der Waals surface area contributed by atoms with Gasteiger partial charge < -0.3 is 19.1 Å². The molecule has 0 spiro atoms. The Bertz CT molecular complexity index is 923. The van der Waals surface area contributed by atoms with Gasteiger partial charge in [-0.3, -0.25) is 14.4 Å². The van der Waals surface area contributed by atoms with E-state index in [4.69, 9.17) is 4.42 Å². The van der Waals surface area contributed by atoms with Crippen molar-refractivity contribution < 1.29 is 22.4 Å². The van der Waals surface area contributed by atoms with Crippen LogP contribution in [0.4, 0.5) is 0 Å². The molecule has 0 N–H and O–H groups in total. The van der Waals surface area contributed by atoms with Crippen LogP contribution in [-0.4, -0.2) is 92.3 Å². The fraction of sp³-hybridized carbons (Fsp3) is 0.588. The summed E-state index contributed by atoms with van der Waals surface area (Å²) in [7, 11) is 0.146. The molecule has 148 valence electrons. The Morgan fingerprint density at radius 3 is 2.33 bits per heavy atom. The Morgan fingerprint density at radius 2 is 1.74 bits per heavy atom. The molecule has 0 radical (unpaired) electrons. The summed E-state index contributed by atoms with van der Waals surface area (Å²) < 4.78 is 29.9. The fourth-order valence-corrected chi connectivity index (χ4v) is 5.71. The van der Waals surface area contributed by atoms with Crippen LogP contribution in [0.5, 0.6) is 0 Å². The molecular weight excluding hydrogens is 374 g/mol. The van der Waals surface area contributed by atoms with Crippen molar-refractivity contribution in [2.24, 2.45) is 0 Å². The van der Waals surface area contributed by atoms with Gasteiger partial charge in [-0.2, -0.15) is 0 Å². The largest absolute Gasteiger partial charge is 0.456 e. The number of fused-ring (bicyclic) bond motifs is 1. The maximum Gasteiger partial charge on any atom is 0.290 e. The summed E-state index contributed by atoms with van der Waals surface area (Å²) >= 11 is 0. The lowest BCUT2D eigenvalue weighted by Crippen LogP contribution is -2.62. The molecule has 0 saturated carbocycles. The van der Waals surface area contributed by atoms with Crippen LogP contribution in [0.2, 0.25) is 0 Å². The summed E-state index contributed by atoms with van der Waals surface area (Å²) in [5, 5.41) is 0. The molecule has 0 bridgehead atoms. The molecule has 2 aliphatic rings. The van der Waals surface area contributed by atoms with E-state index in [1.54, 1.807) is 30.8 Å². The van der Waals surface area contributed by atoms with Gasteiger partial charge in [0.1, 0.15) is 5.76 Å². The van der Waals surface area contributed by atoms with E-state index in [9.17, 15) is 22.8 Å². The van der Waals surface area contributed by atoms with E-state index in [2.05, 4.69) is 0 Å².